The molecule has 35 heavy (non-hydrogen) atoms. The van der Waals surface area contributed by atoms with Crippen molar-refractivity contribution >= 4 is 16.6 Å². The normalized spacial score (nSPS) is 11.9. The van der Waals surface area contributed by atoms with Crippen LogP contribution in [0.15, 0.2) is 115 Å². The number of Topliss-reactive ketones (excluding diaryl/α,β-unsaturated/α-hetero) is 1. The molecule has 0 aliphatic rings. The topological polar surface area (TPSA) is 17.1 Å². The Morgan fingerprint density at radius 1 is 0.657 bits per heavy atom. The molecule has 172 valence electrons. The first-order valence-corrected chi connectivity index (χ1v) is 12.4. The lowest BCUT2D eigenvalue weighted by molar-refractivity contribution is -0.118. The van der Waals surface area contributed by atoms with Crippen LogP contribution in [0.1, 0.15) is 36.5 Å². The van der Waals surface area contributed by atoms with Gasteiger partial charge in [0.25, 0.3) is 0 Å². The van der Waals surface area contributed by atoms with Crippen LogP contribution in [0.2, 0.25) is 0 Å². The zero-order valence-corrected chi connectivity index (χ0v) is 20.4. The van der Waals surface area contributed by atoms with Gasteiger partial charge in [-0.2, -0.15) is 0 Å². The quantitative estimate of drug-likeness (QED) is 0.240. The summed E-state index contributed by atoms with van der Waals surface area (Å²) in [4.78, 5) is 12.0. The fraction of sp³-hybridized carbons (Fsp3) is 0.147. The zero-order chi connectivity index (χ0) is 24.2. The molecule has 5 aromatic rings. The Hall–Kier alpha value is -3.97. The van der Waals surface area contributed by atoms with Crippen molar-refractivity contribution in [2.24, 2.45) is 0 Å². The second-order valence-electron chi connectivity index (χ2n) is 9.35. The van der Waals surface area contributed by atoms with Gasteiger partial charge in [0.05, 0.1) is 0 Å². The summed E-state index contributed by atoms with van der Waals surface area (Å²) in [5.41, 5.74) is 8.64. The van der Waals surface area contributed by atoms with E-state index in [0.29, 0.717) is 0 Å². The number of aryl methyl sites for hydroxylation is 2. The summed E-state index contributed by atoms with van der Waals surface area (Å²) in [6, 6.07) is 41.1. The first kappa shape index (κ1) is 22.8. The predicted molar refractivity (Wildman–Crippen MR) is 148 cm³/mol. The monoisotopic (exact) mass is 454 g/mol. The highest BCUT2D eigenvalue weighted by molar-refractivity contribution is 6.01. The van der Waals surface area contributed by atoms with E-state index >= 15 is 0 Å². The van der Waals surface area contributed by atoms with Crippen LogP contribution in [-0.2, 0) is 17.6 Å². The standard InChI is InChI=1S/C34H30O/c1-24(25(2)35)28-15-9-16-29(21-28)32-22-30-17-10-18-33(27-13-7-4-8-14-27)34(30)31(23-32)20-19-26-11-5-3-6-12-26/h3-18,21-24H,19-20H2,1-2H3. The molecule has 0 N–H and O–H groups in total. The van der Waals surface area contributed by atoms with Crippen LogP contribution < -0.4 is 0 Å². The van der Waals surface area contributed by atoms with E-state index in [1.54, 1.807) is 6.92 Å². The highest BCUT2D eigenvalue weighted by atomic mass is 16.1. The number of ketones is 1. The molecule has 5 rings (SSSR count). The largest absolute Gasteiger partial charge is 0.299 e. The molecule has 1 heteroatoms. The van der Waals surface area contributed by atoms with E-state index in [4.69, 9.17) is 0 Å². The third-order valence-electron chi connectivity index (χ3n) is 7.00. The Morgan fingerprint density at radius 2 is 1.34 bits per heavy atom. The van der Waals surface area contributed by atoms with Crippen molar-refractivity contribution < 1.29 is 4.79 Å². The smallest absolute Gasteiger partial charge is 0.136 e. The number of benzene rings is 5. The Kier molecular flexibility index (Phi) is 6.59. The van der Waals surface area contributed by atoms with Crippen molar-refractivity contribution in [3.05, 3.63) is 132 Å². The molecular formula is C34H30O. The van der Waals surface area contributed by atoms with Crippen LogP contribution in [0.4, 0.5) is 0 Å². The van der Waals surface area contributed by atoms with E-state index in [1.165, 1.54) is 38.6 Å². The van der Waals surface area contributed by atoms with E-state index in [2.05, 4.69) is 115 Å². The molecule has 0 radical (unpaired) electrons. The van der Waals surface area contributed by atoms with Gasteiger partial charge in [0.1, 0.15) is 5.78 Å². The van der Waals surface area contributed by atoms with E-state index < -0.39 is 0 Å². The molecule has 0 aliphatic carbocycles. The first-order chi connectivity index (χ1) is 17.1. The van der Waals surface area contributed by atoms with Crippen molar-refractivity contribution in [2.45, 2.75) is 32.6 Å². The van der Waals surface area contributed by atoms with Crippen LogP contribution in [0.25, 0.3) is 33.0 Å². The van der Waals surface area contributed by atoms with Crippen LogP contribution >= 0.6 is 0 Å². The third-order valence-corrected chi connectivity index (χ3v) is 7.00. The summed E-state index contributed by atoms with van der Waals surface area (Å²) in [5, 5.41) is 2.57. The minimum absolute atomic E-state index is 0.0994. The summed E-state index contributed by atoms with van der Waals surface area (Å²) in [7, 11) is 0. The summed E-state index contributed by atoms with van der Waals surface area (Å²) in [6.07, 6.45) is 1.95. The fourth-order valence-electron chi connectivity index (χ4n) is 4.89. The number of carbonyl (C=O) groups is 1. The average molecular weight is 455 g/mol. The Morgan fingerprint density at radius 3 is 2.09 bits per heavy atom. The molecule has 5 aromatic carbocycles. The van der Waals surface area contributed by atoms with Crippen molar-refractivity contribution in [3.63, 3.8) is 0 Å². The molecule has 0 amide bonds. The van der Waals surface area contributed by atoms with Gasteiger partial charge in [0.2, 0.25) is 0 Å². The van der Waals surface area contributed by atoms with Gasteiger partial charge >= 0.3 is 0 Å². The number of hydrogen-bond donors (Lipinski definition) is 0. The highest BCUT2D eigenvalue weighted by Gasteiger charge is 2.14. The molecule has 0 fully saturated rings. The highest BCUT2D eigenvalue weighted by Crippen LogP contribution is 2.36. The van der Waals surface area contributed by atoms with E-state index in [9.17, 15) is 4.79 Å². The van der Waals surface area contributed by atoms with Gasteiger partial charge in [-0.3, -0.25) is 4.79 Å². The maximum atomic E-state index is 12.0. The lowest BCUT2D eigenvalue weighted by Crippen LogP contribution is -2.04. The number of carbonyl (C=O) groups excluding carboxylic acids is 1. The molecule has 0 spiro atoms. The zero-order valence-electron chi connectivity index (χ0n) is 20.4. The molecule has 0 aromatic heterocycles. The van der Waals surface area contributed by atoms with Gasteiger partial charge in [0.15, 0.2) is 0 Å². The third kappa shape index (κ3) is 4.95. The second kappa shape index (κ2) is 10.1. The lowest BCUT2D eigenvalue weighted by atomic mass is 9.88. The Bertz CT molecular complexity index is 1470. The fourth-order valence-corrected chi connectivity index (χ4v) is 4.89. The Labute approximate surface area is 208 Å². The lowest BCUT2D eigenvalue weighted by Gasteiger charge is -2.16. The van der Waals surface area contributed by atoms with Crippen molar-refractivity contribution in [2.75, 3.05) is 0 Å². The van der Waals surface area contributed by atoms with Gasteiger partial charge in [-0.25, -0.2) is 0 Å². The van der Waals surface area contributed by atoms with Crippen LogP contribution in [-0.4, -0.2) is 5.78 Å². The molecule has 1 unspecified atom stereocenters. The Balaban J connectivity index is 1.66. The van der Waals surface area contributed by atoms with Gasteiger partial charge in [0, 0.05) is 5.92 Å². The SMILES string of the molecule is CC(=O)C(C)c1cccc(-c2cc(CCc3ccccc3)c3c(-c4ccccc4)cccc3c2)c1. The maximum Gasteiger partial charge on any atom is 0.136 e. The van der Waals surface area contributed by atoms with E-state index in [1.807, 2.05) is 6.92 Å². The second-order valence-corrected chi connectivity index (χ2v) is 9.35. The predicted octanol–water partition coefficient (Wildman–Crippen LogP) is 8.65. The summed E-state index contributed by atoms with van der Waals surface area (Å²) < 4.78 is 0. The average Bonchev–Trinajstić information content (AvgIpc) is 2.92. The van der Waals surface area contributed by atoms with Gasteiger partial charge in [-0.05, 0) is 75.5 Å². The van der Waals surface area contributed by atoms with Crippen molar-refractivity contribution in [1.82, 2.24) is 0 Å². The van der Waals surface area contributed by atoms with E-state index in [-0.39, 0.29) is 11.7 Å². The maximum absolute atomic E-state index is 12.0. The van der Waals surface area contributed by atoms with Crippen LogP contribution in [0.5, 0.6) is 0 Å². The number of fused-ring (bicyclic) bond motifs is 1. The summed E-state index contributed by atoms with van der Waals surface area (Å²) >= 11 is 0. The van der Waals surface area contributed by atoms with Crippen molar-refractivity contribution in [1.29, 1.82) is 0 Å². The molecule has 1 atom stereocenters. The molecule has 1 nitrogen and oxygen atoms in total. The first-order valence-electron chi connectivity index (χ1n) is 12.4. The minimum atomic E-state index is -0.0994. The van der Waals surface area contributed by atoms with Crippen molar-refractivity contribution in [3.8, 4) is 22.3 Å². The van der Waals surface area contributed by atoms with Gasteiger partial charge in [-0.15, -0.1) is 0 Å². The minimum Gasteiger partial charge on any atom is -0.299 e. The number of rotatable bonds is 7. The molecular weight excluding hydrogens is 424 g/mol. The van der Waals surface area contributed by atoms with Crippen LogP contribution in [0, 0.1) is 0 Å². The molecule has 0 heterocycles. The molecule has 0 bridgehead atoms. The van der Waals surface area contributed by atoms with Crippen LogP contribution in [0.3, 0.4) is 0 Å². The summed E-state index contributed by atoms with van der Waals surface area (Å²) in [6.45, 7) is 3.65. The molecule has 0 saturated carbocycles. The van der Waals surface area contributed by atoms with Gasteiger partial charge < -0.3 is 0 Å². The summed E-state index contributed by atoms with van der Waals surface area (Å²) in [5.74, 6) is 0.0920. The molecule has 0 aliphatic heterocycles. The van der Waals surface area contributed by atoms with Gasteiger partial charge in [-0.1, -0.05) is 116 Å². The molecule has 0 saturated heterocycles. The van der Waals surface area contributed by atoms with E-state index in [0.717, 1.165) is 24.0 Å². The number of hydrogen-bond acceptors (Lipinski definition) is 1.